The molecule has 0 saturated carbocycles. The first-order chi connectivity index (χ1) is 13.2. The van der Waals surface area contributed by atoms with Gasteiger partial charge in [0.05, 0.1) is 17.6 Å². The van der Waals surface area contributed by atoms with E-state index in [4.69, 9.17) is 26.1 Å². The maximum atomic E-state index is 6.06. The van der Waals surface area contributed by atoms with Crippen molar-refractivity contribution >= 4 is 22.6 Å². The van der Waals surface area contributed by atoms with Gasteiger partial charge in [0.15, 0.2) is 0 Å². The van der Waals surface area contributed by atoms with Crippen molar-refractivity contribution in [3.05, 3.63) is 58.9 Å². The Labute approximate surface area is 165 Å². The Hall–Kier alpha value is -2.04. The number of halogens is 1. The number of hydrogen-bond acceptors (Lipinski definition) is 3. The van der Waals surface area contributed by atoms with Gasteiger partial charge in [-0.05, 0) is 68.5 Å². The second-order valence-electron chi connectivity index (χ2n) is 7.08. The minimum absolute atomic E-state index is 0.130. The van der Waals surface area contributed by atoms with Gasteiger partial charge >= 0.3 is 0 Å². The third-order valence-corrected chi connectivity index (χ3v) is 5.50. The fraction of sp³-hybridized carbons (Fsp3) is 0.409. The predicted molar refractivity (Wildman–Crippen MR) is 109 cm³/mol. The molecule has 0 N–H and O–H groups in total. The van der Waals surface area contributed by atoms with Gasteiger partial charge in [0.2, 0.25) is 0 Å². The summed E-state index contributed by atoms with van der Waals surface area (Å²) in [5.74, 6) is 1.95. The van der Waals surface area contributed by atoms with Gasteiger partial charge in [0, 0.05) is 18.2 Å². The molecule has 4 rings (SSSR count). The van der Waals surface area contributed by atoms with Gasteiger partial charge in [-0.1, -0.05) is 23.7 Å². The number of aromatic nitrogens is 2. The van der Waals surface area contributed by atoms with Crippen molar-refractivity contribution in [3.8, 4) is 5.75 Å². The monoisotopic (exact) mass is 384 g/mol. The lowest BCUT2D eigenvalue weighted by Gasteiger charge is -2.14. The molecule has 1 fully saturated rings. The van der Waals surface area contributed by atoms with Crippen LogP contribution in [-0.4, -0.2) is 22.8 Å². The molecule has 1 aromatic heterocycles. The number of ether oxygens (including phenoxy) is 2. The molecule has 1 aliphatic rings. The molecule has 5 heteroatoms. The first-order valence-electron chi connectivity index (χ1n) is 9.68. The Morgan fingerprint density at radius 2 is 2.11 bits per heavy atom. The van der Waals surface area contributed by atoms with Crippen LogP contribution in [0.25, 0.3) is 11.0 Å². The Morgan fingerprint density at radius 3 is 2.93 bits per heavy atom. The Morgan fingerprint density at radius 1 is 1.22 bits per heavy atom. The average molecular weight is 385 g/mol. The van der Waals surface area contributed by atoms with Crippen LogP contribution in [0.4, 0.5) is 0 Å². The molecule has 2 heterocycles. The van der Waals surface area contributed by atoms with Crippen molar-refractivity contribution in [2.75, 3.05) is 13.2 Å². The van der Waals surface area contributed by atoms with Crippen LogP contribution in [0, 0.1) is 6.92 Å². The van der Waals surface area contributed by atoms with E-state index in [0.29, 0.717) is 6.61 Å². The summed E-state index contributed by atoms with van der Waals surface area (Å²) in [4.78, 5) is 4.85. The van der Waals surface area contributed by atoms with Gasteiger partial charge in [-0.2, -0.15) is 0 Å². The fourth-order valence-corrected chi connectivity index (χ4v) is 3.74. The minimum Gasteiger partial charge on any atom is -0.494 e. The van der Waals surface area contributed by atoms with E-state index in [1.54, 1.807) is 0 Å². The highest BCUT2D eigenvalue weighted by atomic mass is 35.5. The summed E-state index contributed by atoms with van der Waals surface area (Å²) >= 11 is 6.06. The number of fused-ring (bicyclic) bond motifs is 1. The van der Waals surface area contributed by atoms with Crippen LogP contribution >= 0.6 is 11.6 Å². The van der Waals surface area contributed by atoms with Gasteiger partial charge in [-0.25, -0.2) is 4.98 Å². The zero-order valence-corrected chi connectivity index (χ0v) is 16.4. The molecule has 0 aliphatic carbocycles. The van der Waals surface area contributed by atoms with E-state index in [0.717, 1.165) is 66.5 Å². The first kappa shape index (κ1) is 18.3. The number of benzene rings is 2. The lowest BCUT2D eigenvalue weighted by atomic mass is 10.2. The lowest BCUT2D eigenvalue weighted by molar-refractivity contribution is 0.102. The Balaban J connectivity index is 1.38. The van der Waals surface area contributed by atoms with Gasteiger partial charge in [0.25, 0.3) is 0 Å². The van der Waals surface area contributed by atoms with Gasteiger partial charge < -0.3 is 14.0 Å². The van der Waals surface area contributed by atoms with Crippen LogP contribution < -0.4 is 4.74 Å². The smallest absolute Gasteiger partial charge is 0.139 e. The third kappa shape index (κ3) is 4.12. The average Bonchev–Trinajstić information content (AvgIpc) is 3.32. The summed E-state index contributed by atoms with van der Waals surface area (Å²) in [7, 11) is 0. The molecule has 1 aliphatic heterocycles. The highest BCUT2D eigenvalue weighted by molar-refractivity contribution is 6.31. The summed E-state index contributed by atoms with van der Waals surface area (Å²) in [6.07, 6.45) is 4.32. The fourth-order valence-electron chi connectivity index (χ4n) is 3.63. The molecule has 0 radical (unpaired) electrons. The number of rotatable bonds is 7. The highest BCUT2D eigenvalue weighted by Gasteiger charge is 2.24. The number of aryl methyl sites for hydroxylation is 2. The van der Waals surface area contributed by atoms with Crippen LogP contribution in [0.1, 0.15) is 43.2 Å². The molecule has 3 aromatic rings. The maximum absolute atomic E-state index is 6.06. The van der Waals surface area contributed by atoms with E-state index in [1.807, 2.05) is 31.2 Å². The molecule has 1 atom stereocenters. The lowest BCUT2D eigenvalue weighted by Crippen LogP contribution is -2.10. The van der Waals surface area contributed by atoms with Gasteiger partial charge in [0.1, 0.15) is 17.7 Å². The SMILES string of the molecule is Cc1cc(OCCCCn2c(C3CCCO3)nc3ccccc32)ccc1Cl. The Bertz CT molecular complexity index is 916. The summed E-state index contributed by atoms with van der Waals surface area (Å²) in [6.45, 7) is 4.45. The van der Waals surface area contributed by atoms with Crippen molar-refractivity contribution < 1.29 is 9.47 Å². The first-order valence-corrected chi connectivity index (χ1v) is 10.1. The molecule has 27 heavy (non-hydrogen) atoms. The summed E-state index contributed by atoms with van der Waals surface area (Å²) < 4.78 is 14.1. The number of imidazole rings is 1. The molecule has 0 spiro atoms. The van der Waals surface area contributed by atoms with Crippen LogP contribution in [0.2, 0.25) is 5.02 Å². The van der Waals surface area contributed by atoms with E-state index in [9.17, 15) is 0 Å². The van der Waals surface area contributed by atoms with Crippen LogP contribution in [0.5, 0.6) is 5.75 Å². The predicted octanol–water partition coefficient (Wildman–Crippen LogP) is 5.71. The minimum atomic E-state index is 0.130. The number of hydrogen-bond donors (Lipinski definition) is 0. The van der Waals surface area contributed by atoms with Crippen LogP contribution in [0.3, 0.4) is 0 Å². The summed E-state index contributed by atoms with van der Waals surface area (Å²) in [5, 5.41) is 0.774. The van der Waals surface area contributed by atoms with Crippen LogP contribution in [-0.2, 0) is 11.3 Å². The van der Waals surface area contributed by atoms with E-state index < -0.39 is 0 Å². The van der Waals surface area contributed by atoms with E-state index in [1.165, 1.54) is 5.52 Å². The maximum Gasteiger partial charge on any atom is 0.139 e. The molecule has 1 saturated heterocycles. The van der Waals surface area contributed by atoms with Crippen molar-refractivity contribution in [2.45, 2.75) is 45.3 Å². The molecule has 0 bridgehead atoms. The normalized spacial score (nSPS) is 16.9. The molecule has 142 valence electrons. The van der Waals surface area contributed by atoms with E-state index in [-0.39, 0.29) is 6.10 Å². The van der Waals surface area contributed by atoms with Gasteiger partial charge in [-0.15, -0.1) is 0 Å². The molecule has 2 aromatic carbocycles. The second-order valence-corrected chi connectivity index (χ2v) is 7.49. The zero-order chi connectivity index (χ0) is 18.6. The molecular weight excluding hydrogens is 360 g/mol. The molecule has 4 nitrogen and oxygen atoms in total. The number of para-hydroxylation sites is 2. The molecular formula is C22H25ClN2O2. The van der Waals surface area contributed by atoms with Crippen molar-refractivity contribution in [3.63, 3.8) is 0 Å². The number of nitrogens with zero attached hydrogens (tertiary/aromatic N) is 2. The van der Waals surface area contributed by atoms with Crippen molar-refractivity contribution in [1.29, 1.82) is 0 Å². The molecule has 1 unspecified atom stereocenters. The van der Waals surface area contributed by atoms with E-state index in [2.05, 4.69) is 22.8 Å². The summed E-state index contributed by atoms with van der Waals surface area (Å²) in [6, 6.07) is 14.1. The largest absolute Gasteiger partial charge is 0.494 e. The Kier molecular flexibility index (Phi) is 5.65. The van der Waals surface area contributed by atoms with Crippen LogP contribution in [0.15, 0.2) is 42.5 Å². The van der Waals surface area contributed by atoms with E-state index >= 15 is 0 Å². The zero-order valence-electron chi connectivity index (χ0n) is 15.7. The van der Waals surface area contributed by atoms with Crippen molar-refractivity contribution in [1.82, 2.24) is 9.55 Å². The van der Waals surface area contributed by atoms with Crippen molar-refractivity contribution in [2.24, 2.45) is 0 Å². The number of unbranched alkanes of at least 4 members (excludes halogenated alkanes) is 1. The standard InChI is InChI=1S/C22H25ClN2O2/c1-16-15-17(10-11-18(16)23)26-13-5-4-12-25-20-8-3-2-7-19(20)24-22(25)21-9-6-14-27-21/h2-3,7-8,10-11,15,21H,4-6,9,12-14H2,1H3. The third-order valence-electron chi connectivity index (χ3n) is 5.08. The quantitative estimate of drug-likeness (QED) is 0.489. The summed E-state index contributed by atoms with van der Waals surface area (Å²) in [5.41, 5.74) is 3.29. The topological polar surface area (TPSA) is 36.3 Å². The second kappa shape index (κ2) is 8.32. The van der Waals surface area contributed by atoms with Gasteiger partial charge in [-0.3, -0.25) is 0 Å². The highest BCUT2D eigenvalue weighted by Crippen LogP contribution is 2.31. The molecule has 0 amide bonds.